The van der Waals surface area contributed by atoms with Gasteiger partial charge in [0, 0.05) is 10.8 Å². The first kappa shape index (κ1) is 13.4. The van der Waals surface area contributed by atoms with E-state index in [-0.39, 0.29) is 5.97 Å². The molecule has 0 N–H and O–H groups in total. The van der Waals surface area contributed by atoms with Gasteiger partial charge in [-0.2, -0.15) is 0 Å². The highest BCUT2D eigenvalue weighted by Gasteiger charge is 2.14. The lowest BCUT2D eigenvalue weighted by molar-refractivity contribution is -0.136. The number of methoxy groups -OCH3 is 1. The number of allylic oxidation sites excluding steroid dienone is 1. The summed E-state index contributed by atoms with van der Waals surface area (Å²) in [6.07, 6.45) is 8.86. The average Bonchev–Trinajstić information content (AvgIpc) is 2.34. The van der Waals surface area contributed by atoms with E-state index in [1.807, 2.05) is 5.41 Å². The molecule has 0 spiro atoms. The molecular formula is C13H20O2S. The van der Waals surface area contributed by atoms with E-state index < -0.39 is 0 Å². The molecule has 0 aromatic carbocycles. The summed E-state index contributed by atoms with van der Waals surface area (Å²) in [6.45, 7) is 3.65. The van der Waals surface area contributed by atoms with Gasteiger partial charge in [-0.15, -0.1) is 18.3 Å². The van der Waals surface area contributed by atoms with Crippen molar-refractivity contribution >= 4 is 17.7 Å². The van der Waals surface area contributed by atoms with Gasteiger partial charge in [0.05, 0.1) is 7.11 Å². The maximum Gasteiger partial charge on any atom is 0.334 e. The van der Waals surface area contributed by atoms with E-state index in [1.165, 1.54) is 39.2 Å². The van der Waals surface area contributed by atoms with Crippen molar-refractivity contribution in [2.45, 2.75) is 43.8 Å². The van der Waals surface area contributed by atoms with E-state index in [2.05, 4.69) is 6.58 Å². The third-order valence-corrected chi connectivity index (χ3v) is 4.04. The first-order valence-corrected chi connectivity index (χ1v) is 6.76. The van der Waals surface area contributed by atoms with Crippen LogP contribution in [0.4, 0.5) is 0 Å². The van der Waals surface area contributed by atoms with Gasteiger partial charge >= 0.3 is 5.97 Å². The molecule has 90 valence electrons. The third-order valence-electron chi connectivity index (χ3n) is 2.77. The Labute approximate surface area is 102 Å². The van der Waals surface area contributed by atoms with Crippen molar-refractivity contribution in [1.82, 2.24) is 0 Å². The predicted octanol–water partition coefficient (Wildman–Crippen LogP) is 3.69. The first-order chi connectivity index (χ1) is 7.77. The van der Waals surface area contributed by atoms with Crippen molar-refractivity contribution in [3.05, 3.63) is 23.6 Å². The third kappa shape index (κ3) is 4.44. The molecule has 0 amide bonds. The summed E-state index contributed by atoms with van der Waals surface area (Å²) in [6, 6.07) is 0. The molecule has 2 nitrogen and oxygen atoms in total. The summed E-state index contributed by atoms with van der Waals surface area (Å²) in [5.74, 6) is -0.233. The molecule has 1 saturated carbocycles. The molecule has 0 heterocycles. The zero-order chi connectivity index (χ0) is 11.8. The van der Waals surface area contributed by atoms with Crippen molar-refractivity contribution in [1.29, 1.82) is 0 Å². The van der Waals surface area contributed by atoms with E-state index in [4.69, 9.17) is 4.74 Å². The van der Waals surface area contributed by atoms with Crippen molar-refractivity contribution < 1.29 is 9.53 Å². The highest BCUT2D eigenvalue weighted by molar-refractivity contribution is 8.02. The largest absolute Gasteiger partial charge is 0.466 e. The minimum Gasteiger partial charge on any atom is -0.466 e. The fourth-order valence-electron chi connectivity index (χ4n) is 1.85. The molecule has 0 atom stereocenters. The molecule has 3 heteroatoms. The summed E-state index contributed by atoms with van der Waals surface area (Å²) in [4.78, 5) is 11.4. The second-order valence-corrected chi connectivity index (χ2v) is 5.20. The number of rotatable bonds is 5. The van der Waals surface area contributed by atoms with Crippen LogP contribution in [0.3, 0.4) is 0 Å². The van der Waals surface area contributed by atoms with Crippen LogP contribution in [0.5, 0.6) is 0 Å². The molecule has 1 aliphatic rings. The molecule has 1 fully saturated rings. The molecule has 0 saturated heterocycles. The molecule has 16 heavy (non-hydrogen) atoms. The quantitative estimate of drug-likeness (QED) is 0.416. The van der Waals surface area contributed by atoms with Crippen LogP contribution in [-0.4, -0.2) is 18.3 Å². The number of hydrogen-bond donors (Lipinski definition) is 0. The lowest BCUT2D eigenvalue weighted by atomic mass is 10.0. The predicted molar refractivity (Wildman–Crippen MR) is 69.4 cm³/mol. The minimum atomic E-state index is -0.233. The molecule has 1 aliphatic carbocycles. The van der Waals surface area contributed by atoms with Crippen molar-refractivity contribution in [3.63, 3.8) is 0 Å². The zero-order valence-corrected chi connectivity index (χ0v) is 10.7. The Morgan fingerprint density at radius 1 is 1.44 bits per heavy atom. The van der Waals surface area contributed by atoms with Crippen molar-refractivity contribution in [2.24, 2.45) is 0 Å². The molecule has 0 radical (unpaired) electrons. The van der Waals surface area contributed by atoms with E-state index in [9.17, 15) is 4.79 Å². The Kier molecular flexibility index (Phi) is 6.31. The number of carbonyl (C=O) groups excluding carboxylic acids is 1. The summed E-state index contributed by atoms with van der Waals surface area (Å²) in [7, 11) is 1.42. The molecule has 1 rings (SSSR count). The summed E-state index contributed by atoms with van der Waals surface area (Å²) < 4.78 is 4.74. The Balaban J connectivity index is 2.48. The summed E-state index contributed by atoms with van der Waals surface area (Å²) >= 11 is 1.78. The molecule has 0 unspecified atom stereocenters. The van der Waals surface area contributed by atoms with E-state index in [0.29, 0.717) is 17.2 Å². The Hall–Kier alpha value is -0.700. The van der Waals surface area contributed by atoms with Gasteiger partial charge in [0.2, 0.25) is 0 Å². The van der Waals surface area contributed by atoms with Crippen LogP contribution >= 0.6 is 11.8 Å². The second kappa shape index (κ2) is 7.55. The highest BCUT2D eigenvalue weighted by atomic mass is 32.2. The van der Waals surface area contributed by atoms with Gasteiger partial charge in [0.15, 0.2) is 0 Å². The number of esters is 1. The van der Waals surface area contributed by atoms with Crippen LogP contribution in [-0.2, 0) is 9.53 Å². The topological polar surface area (TPSA) is 26.3 Å². The van der Waals surface area contributed by atoms with Gasteiger partial charge in [-0.25, -0.2) is 4.79 Å². The van der Waals surface area contributed by atoms with Crippen molar-refractivity contribution in [3.8, 4) is 0 Å². The Morgan fingerprint density at radius 2 is 2.12 bits per heavy atom. The van der Waals surface area contributed by atoms with Gasteiger partial charge in [0.1, 0.15) is 0 Å². The number of carbonyl (C=O) groups is 1. The molecule has 0 aromatic rings. The molecule has 0 aliphatic heterocycles. The second-order valence-electron chi connectivity index (χ2n) is 4.02. The summed E-state index contributed by atoms with van der Waals surface area (Å²) in [5.41, 5.74) is 0.716. The fraction of sp³-hybridized carbons (Fsp3) is 0.615. The van der Waals surface area contributed by atoms with Crippen LogP contribution in [0.2, 0.25) is 0 Å². The Morgan fingerprint density at radius 3 is 2.69 bits per heavy atom. The zero-order valence-electron chi connectivity index (χ0n) is 9.91. The van der Waals surface area contributed by atoms with Crippen LogP contribution in [0.1, 0.15) is 38.5 Å². The van der Waals surface area contributed by atoms with Gasteiger partial charge in [0.25, 0.3) is 0 Å². The summed E-state index contributed by atoms with van der Waals surface area (Å²) in [5, 5.41) is 2.64. The van der Waals surface area contributed by atoms with Crippen LogP contribution < -0.4 is 0 Å². The maximum atomic E-state index is 11.4. The van der Waals surface area contributed by atoms with Gasteiger partial charge in [-0.3, -0.25) is 0 Å². The highest BCUT2D eigenvalue weighted by Crippen LogP contribution is 2.30. The normalized spacial score (nSPS) is 18.2. The van der Waals surface area contributed by atoms with Gasteiger partial charge < -0.3 is 4.74 Å². The van der Waals surface area contributed by atoms with E-state index in [0.717, 1.165) is 0 Å². The minimum absolute atomic E-state index is 0.233. The SMILES string of the molecule is C=CCC(=CSC1CCCCC1)C(=O)OC. The molecule has 0 aromatic heterocycles. The lowest BCUT2D eigenvalue weighted by Gasteiger charge is -2.19. The first-order valence-electron chi connectivity index (χ1n) is 5.81. The molecule has 0 bridgehead atoms. The van der Waals surface area contributed by atoms with Crippen LogP contribution in [0.25, 0.3) is 0 Å². The number of hydrogen-bond acceptors (Lipinski definition) is 3. The fourth-order valence-corrected chi connectivity index (χ4v) is 3.00. The number of ether oxygens (including phenoxy) is 1. The van der Waals surface area contributed by atoms with Gasteiger partial charge in [-0.05, 0) is 24.7 Å². The Bertz CT molecular complexity index is 265. The van der Waals surface area contributed by atoms with E-state index in [1.54, 1.807) is 17.8 Å². The van der Waals surface area contributed by atoms with Crippen LogP contribution in [0, 0.1) is 0 Å². The smallest absolute Gasteiger partial charge is 0.334 e. The monoisotopic (exact) mass is 240 g/mol. The lowest BCUT2D eigenvalue weighted by Crippen LogP contribution is -2.08. The number of thioether (sulfide) groups is 1. The maximum absolute atomic E-state index is 11.4. The molecular weight excluding hydrogens is 220 g/mol. The van der Waals surface area contributed by atoms with Crippen molar-refractivity contribution in [2.75, 3.05) is 7.11 Å². The van der Waals surface area contributed by atoms with Crippen LogP contribution in [0.15, 0.2) is 23.6 Å². The average molecular weight is 240 g/mol. The van der Waals surface area contributed by atoms with Gasteiger partial charge in [-0.1, -0.05) is 25.3 Å². The van der Waals surface area contributed by atoms with E-state index >= 15 is 0 Å². The standard InChI is InChI=1S/C13H20O2S/c1-3-7-11(13(14)15-2)10-16-12-8-5-4-6-9-12/h3,10,12H,1,4-9H2,2H3.